The Hall–Kier alpha value is -2.12. The summed E-state index contributed by atoms with van der Waals surface area (Å²) in [6.45, 7) is 0.0769. The minimum atomic E-state index is -2.71. The first kappa shape index (κ1) is 13.3. The molecule has 0 amide bonds. The Kier molecular flexibility index (Phi) is 3.17. The highest BCUT2D eigenvalue weighted by Gasteiger charge is 2.36. The molecule has 1 aromatic rings. The number of nitrogen functional groups attached to an aromatic ring is 2. The molecule has 0 aliphatic carbocycles. The van der Waals surface area contributed by atoms with Gasteiger partial charge in [-0.2, -0.15) is 0 Å². The molecule has 1 aromatic carbocycles. The van der Waals surface area contributed by atoms with Crippen LogP contribution in [0.5, 0.6) is 0 Å². The van der Waals surface area contributed by atoms with Crippen LogP contribution in [0, 0.1) is 10.1 Å². The van der Waals surface area contributed by atoms with Gasteiger partial charge >= 0.3 is 5.69 Å². The van der Waals surface area contributed by atoms with Gasteiger partial charge in [-0.1, -0.05) is 0 Å². The zero-order valence-corrected chi connectivity index (χ0v) is 10.1. The zero-order valence-electron chi connectivity index (χ0n) is 10.1. The number of anilines is 3. The third kappa shape index (κ3) is 2.67. The molecule has 0 aromatic heterocycles. The Morgan fingerprint density at radius 1 is 1.26 bits per heavy atom. The van der Waals surface area contributed by atoms with E-state index in [-0.39, 0.29) is 48.7 Å². The van der Waals surface area contributed by atoms with Crippen molar-refractivity contribution >= 4 is 22.7 Å². The molecular formula is C11H14F2N4O2. The van der Waals surface area contributed by atoms with E-state index < -0.39 is 10.8 Å². The van der Waals surface area contributed by atoms with E-state index in [1.54, 1.807) is 0 Å². The Morgan fingerprint density at radius 2 is 1.84 bits per heavy atom. The Bertz CT molecular complexity index is 512. The predicted molar refractivity (Wildman–Crippen MR) is 68.3 cm³/mol. The van der Waals surface area contributed by atoms with Gasteiger partial charge in [0.05, 0.1) is 4.92 Å². The second-order valence-electron chi connectivity index (χ2n) is 4.58. The van der Waals surface area contributed by atoms with Crippen LogP contribution in [0.15, 0.2) is 12.1 Å². The average molecular weight is 272 g/mol. The molecule has 0 bridgehead atoms. The maximum atomic E-state index is 13.1. The third-order valence-electron chi connectivity index (χ3n) is 3.16. The van der Waals surface area contributed by atoms with Crippen molar-refractivity contribution < 1.29 is 13.7 Å². The maximum absolute atomic E-state index is 13.1. The second kappa shape index (κ2) is 4.52. The number of hydrogen-bond donors (Lipinski definition) is 2. The van der Waals surface area contributed by atoms with E-state index in [2.05, 4.69) is 0 Å². The first-order valence-corrected chi connectivity index (χ1v) is 5.76. The number of nitro benzene ring substituents is 1. The van der Waals surface area contributed by atoms with Gasteiger partial charge in [0.2, 0.25) is 0 Å². The monoisotopic (exact) mass is 272 g/mol. The van der Waals surface area contributed by atoms with Gasteiger partial charge in [-0.05, 0) is 12.1 Å². The minimum absolute atomic E-state index is 0.0384. The summed E-state index contributed by atoms with van der Waals surface area (Å²) in [6.07, 6.45) is -0.669. The Morgan fingerprint density at radius 3 is 2.37 bits per heavy atom. The van der Waals surface area contributed by atoms with Crippen molar-refractivity contribution in [3.8, 4) is 0 Å². The van der Waals surface area contributed by atoms with E-state index in [1.807, 2.05) is 0 Å². The molecule has 6 nitrogen and oxygen atoms in total. The molecule has 1 fully saturated rings. The van der Waals surface area contributed by atoms with E-state index in [9.17, 15) is 18.9 Å². The van der Waals surface area contributed by atoms with E-state index in [0.29, 0.717) is 0 Å². The highest BCUT2D eigenvalue weighted by atomic mass is 19.3. The van der Waals surface area contributed by atoms with Crippen LogP contribution in [0.2, 0.25) is 0 Å². The summed E-state index contributed by atoms with van der Waals surface area (Å²) >= 11 is 0. The van der Waals surface area contributed by atoms with Gasteiger partial charge in [-0.15, -0.1) is 0 Å². The SMILES string of the molecule is Nc1cc(N)c([N+](=O)[O-])c(N2CCC(F)(F)CC2)c1. The molecule has 8 heteroatoms. The number of hydrogen-bond acceptors (Lipinski definition) is 5. The number of nitro groups is 1. The number of nitrogens with two attached hydrogens (primary N) is 2. The fourth-order valence-corrected chi connectivity index (χ4v) is 2.18. The number of nitrogens with zero attached hydrogens (tertiary/aromatic N) is 2. The molecule has 19 heavy (non-hydrogen) atoms. The first-order chi connectivity index (χ1) is 8.80. The molecule has 0 saturated carbocycles. The molecule has 2 rings (SSSR count). The molecule has 1 aliphatic rings. The van der Waals surface area contributed by atoms with Crippen LogP contribution >= 0.6 is 0 Å². The standard InChI is InChI=1S/C11H14F2N4O2/c12-11(13)1-3-16(4-2-11)9-6-7(14)5-8(15)10(9)17(18)19/h5-6H,1-4,14-15H2. The molecule has 0 atom stereocenters. The van der Waals surface area contributed by atoms with Crippen LogP contribution in [-0.4, -0.2) is 23.9 Å². The Balaban J connectivity index is 2.37. The van der Waals surface area contributed by atoms with E-state index >= 15 is 0 Å². The molecule has 0 radical (unpaired) electrons. The van der Waals surface area contributed by atoms with Crippen LogP contribution in [-0.2, 0) is 0 Å². The normalized spacial score (nSPS) is 18.3. The molecule has 0 spiro atoms. The van der Waals surface area contributed by atoms with Crippen molar-refractivity contribution in [3.05, 3.63) is 22.2 Å². The summed E-state index contributed by atoms with van der Waals surface area (Å²) in [6, 6.07) is 2.69. The summed E-state index contributed by atoms with van der Waals surface area (Å²) in [5.74, 6) is -2.71. The van der Waals surface area contributed by atoms with Gasteiger partial charge in [-0.25, -0.2) is 8.78 Å². The largest absolute Gasteiger partial charge is 0.399 e. The molecule has 0 unspecified atom stereocenters. The van der Waals surface area contributed by atoms with Crippen LogP contribution in [0.25, 0.3) is 0 Å². The zero-order chi connectivity index (χ0) is 14.2. The Labute approximate surface area is 108 Å². The van der Waals surface area contributed by atoms with Gasteiger partial charge in [-0.3, -0.25) is 10.1 Å². The highest BCUT2D eigenvalue weighted by molar-refractivity contribution is 5.80. The van der Waals surface area contributed by atoms with Crippen molar-refractivity contribution in [3.63, 3.8) is 0 Å². The second-order valence-corrected chi connectivity index (χ2v) is 4.58. The van der Waals surface area contributed by atoms with Crippen molar-refractivity contribution in [2.45, 2.75) is 18.8 Å². The number of halogens is 2. The van der Waals surface area contributed by atoms with E-state index in [0.717, 1.165) is 0 Å². The number of piperidine rings is 1. The smallest absolute Gasteiger partial charge is 0.315 e. The molecular weight excluding hydrogens is 258 g/mol. The van der Waals surface area contributed by atoms with E-state index in [1.165, 1.54) is 17.0 Å². The van der Waals surface area contributed by atoms with Crippen LogP contribution in [0.1, 0.15) is 12.8 Å². The van der Waals surface area contributed by atoms with Crippen LogP contribution < -0.4 is 16.4 Å². The summed E-state index contributed by atoms with van der Waals surface area (Å²) in [7, 11) is 0. The lowest BCUT2D eigenvalue weighted by Crippen LogP contribution is -2.39. The summed E-state index contributed by atoms with van der Waals surface area (Å²) in [5, 5.41) is 11.0. The number of alkyl halides is 2. The van der Waals surface area contributed by atoms with Gasteiger partial charge in [0.25, 0.3) is 5.92 Å². The van der Waals surface area contributed by atoms with Crippen molar-refractivity contribution in [1.82, 2.24) is 0 Å². The van der Waals surface area contributed by atoms with Gasteiger partial charge in [0, 0.05) is 31.6 Å². The fraction of sp³-hybridized carbons (Fsp3) is 0.455. The summed E-state index contributed by atoms with van der Waals surface area (Å²) in [4.78, 5) is 11.9. The molecule has 104 valence electrons. The minimum Gasteiger partial charge on any atom is -0.399 e. The van der Waals surface area contributed by atoms with E-state index in [4.69, 9.17) is 11.5 Å². The molecule has 1 saturated heterocycles. The van der Waals surface area contributed by atoms with Crippen LogP contribution in [0.3, 0.4) is 0 Å². The summed E-state index contributed by atoms with van der Waals surface area (Å²) in [5.41, 5.74) is 11.3. The van der Waals surface area contributed by atoms with Crippen LogP contribution in [0.4, 0.5) is 31.5 Å². The molecule has 4 N–H and O–H groups in total. The van der Waals surface area contributed by atoms with Gasteiger partial charge in [0.1, 0.15) is 11.4 Å². The number of rotatable bonds is 2. The maximum Gasteiger partial charge on any atom is 0.315 e. The van der Waals surface area contributed by atoms with Crippen molar-refractivity contribution in [2.24, 2.45) is 0 Å². The quantitative estimate of drug-likeness (QED) is 0.487. The summed E-state index contributed by atoms with van der Waals surface area (Å²) < 4.78 is 26.2. The number of benzene rings is 1. The van der Waals surface area contributed by atoms with Gasteiger partial charge in [0.15, 0.2) is 0 Å². The predicted octanol–water partition coefficient (Wildman–Crippen LogP) is 1.99. The first-order valence-electron chi connectivity index (χ1n) is 5.76. The lowest BCUT2D eigenvalue weighted by Gasteiger charge is -2.33. The molecule has 1 heterocycles. The fourth-order valence-electron chi connectivity index (χ4n) is 2.18. The molecule has 1 aliphatic heterocycles. The highest BCUT2D eigenvalue weighted by Crippen LogP contribution is 2.39. The van der Waals surface area contributed by atoms with Crippen molar-refractivity contribution in [2.75, 3.05) is 29.5 Å². The topological polar surface area (TPSA) is 98.4 Å². The van der Waals surface area contributed by atoms with Crippen molar-refractivity contribution in [1.29, 1.82) is 0 Å². The average Bonchev–Trinajstić information content (AvgIpc) is 2.26. The third-order valence-corrected chi connectivity index (χ3v) is 3.16. The lowest BCUT2D eigenvalue weighted by molar-refractivity contribution is -0.383. The van der Waals surface area contributed by atoms with Gasteiger partial charge < -0.3 is 16.4 Å². The lowest BCUT2D eigenvalue weighted by atomic mass is 10.1.